The molecule has 2 aliphatic rings. The average molecular weight is 283 g/mol. The van der Waals surface area contributed by atoms with Gasteiger partial charge in [-0.1, -0.05) is 12.8 Å². The standard InChI is InChI=1S/C16H21N5/c1-2-6-16(5-1)10-13(11-16)12-19-14-4-9-21(20-14)15-17-7-3-8-18-15/h3-4,7-9,13H,1-2,5-6,10-12H2,(H,19,20). The first kappa shape index (κ1) is 12.8. The van der Waals surface area contributed by atoms with E-state index in [4.69, 9.17) is 0 Å². The van der Waals surface area contributed by atoms with E-state index >= 15 is 0 Å². The molecule has 0 aromatic carbocycles. The molecule has 2 aromatic rings. The van der Waals surface area contributed by atoms with Crippen LogP contribution in [0.3, 0.4) is 0 Å². The highest BCUT2D eigenvalue weighted by Crippen LogP contribution is 2.55. The molecule has 2 aromatic heterocycles. The van der Waals surface area contributed by atoms with E-state index in [1.165, 1.54) is 38.5 Å². The second kappa shape index (κ2) is 5.13. The Balaban J connectivity index is 1.31. The average Bonchev–Trinajstić information content (AvgIpc) is 3.14. The highest BCUT2D eigenvalue weighted by molar-refractivity contribution is 5.34. The molecule has 1 spiro atoms. The van der Waals surface area contributed by atoms with Gasteiger partial charge in [0.25, 0.3) is 0 Å². The maximum atomic E-state index is 4.48. The lowest BCUT2D eigenvalue weighted by molar-refractivity contribution is 0.0705. The number of anilines is 1. The molecule has 2 fully saturated rings. The van der Waals surface area contributed by atoms with Crippen LogP contribution in [-0.2, 0) is 0 Å². The van der Waals surface area contributed by atoms with Gasteiger partial charge in [-0.15, -0.1) is 5.10 Å². The Morgan fingerprint density at radius 1 is 1.19 bits per heavy atom. The van der Waals surface area contributed by atoms with E-state index in [1.54, 1.807) is 17.1 Å². The third-order valence-electron chi connectivity index (χ3n) is 5.03. The second-order valence-corrected chi connectivity index (χ2v) is 6.56. The zero-order valence-electron chi connectivity index (χ0n) is 12.2. The third kappa shape index (κ3) is 2.52. The van der Waals surface area contributed by atoms with Crippen molar-refractivity contribution in [3.8, 4) is 5.95 Å². The lowest BCUT2D eigenvalue weighted by Crippen LogP contribution is -2.38. The first-order valence-electron chi connectivity index (χ1n) is 7.90. The van der Waals surface area contributed by atoms with Gasteiger partial charge in [0.2, 0.25) is 5.95 Å². The van der Waals surface area contributed by atoms with Crippen LogP contribution >= 0.6 is 0 Å². The molecule has 5 nitrogen and oxygen atoms in total. The summed E-state index contributed by atoms with van der Waals surface area (Å²) in [5.74, 6) is 2.34. The monoisotopic (exact) mass is 283 g/mol. The van der Waals surface area contributed by atoms with Crippen LogP contribution in [0, 0.1) is 11.3 Å². The first-order valence-corrected chi connectivity index (χ1v) is 7.90. The lowest BCUT2D eigenvalue weighted by Gasteiger charge is -2.45. The van der Waals surface area contributed by atoms with Gasteiger partial charge in [0, 0.05) is 31.2 Å². The molecule has 0 aliphatic heterocycles. The summed E-state index contributed by atoms with van der Waals surface area (Å²) in [7, 11) is 0. The van der Waals surface area contributed by atoms with E-state index in [-0.39, 0.29) is 0 Å². The summed E-state index contributed by atoms with van der Waals surface area (Å²) in [6, 6.07) is 3.79. The van der Waals surface area contributed by atoms with Crippen LogP contribution < -0.4 is 5.32 Å². The SMILES string of the molecule is c1cnc(-n2ccc(NCC3CC4(CCCC4)C3)n2)nc1. The lowest BCUT2D eigenvalue weighted by atomic mass is 9.61. The zero-order chi connectivity index (χ0) is 14.1. The van der Waals surface area contributed by atoms with Gasteiger partial charge in [0.1, 0.15) is 5.82 Å². The maximum absolute atomic E-state index is 4.48. The van der Waals surface area contributed by atoms with Gasteiger partial charge in [-0.2, -0.15) is 0 Å². The normalized spacial score (nSPS) is 20.6. The van der Waals surface area contributed by atoms with E-state index in [0.29, 0.717) is 5.95 Å². The maximum Gasteiger partial charge on any atom is 0.250 e. The number of nitrogens with one attached hydrogen (secondary N) is 1. The minimum Gasteiger partial charge on any atom is -0.368 e. The van der Waals surface area contributed by atoms with Gasteiger partial charge in [0.05, 0.1) is 0 Å². The molecule has 2 heterocycles. The van der Waals surface area contributed by atoms with Crippen LogP contribution in [0.1, 0.15) is 38.5 Å². The van der Waals surface area contributed by atoms with Crippen molar-refractivity contribution in [3.05, 3.63) is 30.7 Å². The summed E-state index contributed by atoms with van der Waals surface area (Å²) in [4.78, 5) is 8.39. The molecule has 21 heavy (non-hydrogen) atoms. The van der Waals surface area contributed by atoms with Crippen LogP contribution in [0.2, 0.25) is 0 Å². The summed E-state index contributed by atoms with van der Waals surface area (Å²) in [5, 5.41) is 7.94. The van der Waals surface area contributed by atoms with Gasteiger partial charge < -0.3 is 5.32 Å². The van der Waals surface area contributed by atoms with Crippen molar-refractivity contribution in [2.45, 2.75) is 38.5 Å². The Labute approximate surface area is 124 Å². The van der Waals surface area contributed by atoms with Gasteiger partial charge in [-0.3, -0.25) is 0 Å². The Hall–Kier alpha value is -1.91. The van der Waals surface area contributed by atoms with Crippen LogP contribution in [0.15, 0.2) is 30.7 Å². The van der Waals surface area contributed by atoms with Crippen molar-refractivity contribution in [2.24, 2.45) is 11.3 Å². The van der Waals surface area contributed by atoms with E-state index in [9.17, 15) is 0 Å². The fourth-order valence-corrected chi connectivity index (χ4v) is 4.03. The number of nitrogens with zero attached hydrogens (tertiary/aromatic N) is 4. The largest absolute Gasteiger partial charge is 0.368 e. The molecule has 0 unspecified atom stereocenters. The van der Waals surface area contributed by atoms with Gasteiger partial charge >= 0.3 is 0 Å². The quantitative estimate of drug-likeness (QED) is 0.937. The van der Waals surface area contributed by atoms with E-state index < -0.39 is 0 Å². The summed E-state index contributed by atoms with van der Waals surface area (Å²) in [5.41, 5.74) is 0.726. The van der Waals surface area contributed by atoms with Crippen molar-refractivity contribution < 1.29 is 0 Å². The number of hydrogen-bond donors (Lipinski definition) is 1. The molecule has 2 saturated carbocycles. The highest BCUT2D eigenvalue weighted by atomic mass is 15.4. The fourth-order valence-electron chi connectivity index (χ4n) is 4.03. The molecule has 2 aliphatic carbocycles. The van der Waals surface area contributed by atoms with Crippen LogP contribution in [-0.4, -0.2) is 26.3 Å². The molecular formula is C16H21N5. The molecule has 0 saturated heterocycles. The van der Waals surface area contributed by atoms with Crippen molar-refractivity contribution in [1.82, 2.24) is 19.7 Å². The topological polar surface area (TPSA) is 55.6 Å². The fraction of sp³-hybridized carbons (Fsp3) is 0.562. The predicted molar refractivity (Wildman–Crippen MR) is 81.3 cm³/mol. The smallest absolute Gasteiger partial charge is 0.250 e. The summed E-state index contributed by atoms with van der Waals surface area (Å²) < 4.78 is 1.71. The molecule has 0 atom stereocenters. The van der Waals surface area contributed by atoms with Crippen molar-refractivity contribution in [2.75, 3.05) is 11.9 Å². The number of hydrogen-bond acceptors (Lipinski definition) is 4. The predicted octanol–water partition coefficient (Wildman–Crippen LogP) is 3.04. The van der Waals surface area contributed by atoms with E-state index in [0.717, 1.165) is 23.7 Å². The second-order valence-electron chi connectivity index (χ2n) is 6.56. The van der Waals surface area contributed by atoms with Gasteiger partial charge in [-0.25, -0.2) is 14.6 Å². The Morgan fingerprint density at radius 2 is 1.95 bits per heavy atom. The molecule has 0 radical (unpaired) electrons. The minimum atomic E-state index is 0.610. The van der Waals surface area contributed by atoms with Gasteiger partial charge in [-0.05, 0) is 43.1 Å². The van der Waals surface area contributed by atoms with Crippen LogP contribution in [0.25, 0.3) is 5.95 Å². The van der Waals surface area contributed by atoms with Crippen molar-refractivity contribution >= 4 is 5.82 Å². The number of aromatic nitrogens is 4. The molecule has 5 heteroatoms. The van der Waals surface area contributed by atoms with Crippen LogP contribution in [0.5, 0.6) is 0 Å². The Kier molecular flexibility index (Phi) is 3.13. The molecule has 0 bridgehead atoms. The van der Waals surface area contributed by atoms with Gasteiger partial charge in [0.15, 0.2) is 0 Å². The van der Waals surface area contributed by atoms with E-state index in [2.05, 4.69) is 20.4 Å². The van der Waals surface area contributed by atoms with Crippen molar-refractivity contribution in [3.63, 3.8) is 0 Å². The minimum absolute atomic E-state index is 0.610. The first-order chi connectivity index (χ1) is 10.3. The van der Waals surface area contributed by atoms with Crippen molar-refractivity contribution in [1.29, 1.82) is 0 Å². The molecule has 1 N–H and O–H groups in total. The summed E-state index contributed by atoms with van der Waals surface area (Å²) in [6.45, 7) is 1.04. The Bertz CT molecular complexity index is 592. The molecular weight excluding hydrogens is 262 g/mol. The molecule has 110 valence electrons. The van der Waals surface area contributed by atoms with Crippen LogP contribution in [0.4, 0.5) is 5.82 Å². The molecule has 4 rings (SSSR count). The molecule has 0 amide bonds. The highest BCUT2D eigenvalue weighted by Gasteiger charge is 2.45. The summed E-state index contributed by atoms with van der Waals surface area (Å²) in [6.07, 6.45) is 14.0. The van der Waals surface area contributed by atoms with E-state index in [1.807, 2.05) is 18.3 Å². The summed E-state index contributed by atoms with van der Waals surface area (Å²) >= 11 is 0. The Morgan fingerprint density at radius 3 is 2.71 bits per heavy atom. The zero-order valence-corrected chi connectivity index (χ0v) is 12.2. The third-order valence-corrected chi connectivity index (χ3v) is 5.03. The number of rotatable bonds is 4.